The monoisotopic (exact) mass is 341 g/mol. The van der Waals surface area contributed by atoms with Gasteiger partial charge in [-0.25, -0.2) is 0 Å². The third-order valence-electron chi connectivity index (χ3n) is 4.63. The number of benzene rings is 2. The maximum Gasteiger partial charge on any atom is 0.254 e. The number of allylic oxidation sites excluding steroid dienone is 2. The lowest BCUT2D eigenvalue weighted by Crippen LogP contribution is -2.32. The molecule has 0 saturated heterocycles. The van der Waals surface area contributed by atoms with E-state index in [-0.39, 0.29) is 0 Å². The fraction of sp³-hybridized carbons (Fsp3) is 0.0870. The standard InChI is InChI=1S/C23H20N2O/c1-24(2)19-13-11-17(12-14-19)16-21-22(18-8-4-3-5-9-18)23(26)20-10-6-7-15-25(20)21/h3-16H,1-2H3/p+1. The molecule has 2 aromatic carbocycles. The average molecular weight is 341 g/mol. The Balaban J connectivity index is 1.86. The van der Waals surface area contributed by atoms with E-state index < -0.39 is 0 Å². The van der Waals surface area contributed by atoms with Gasteiger partial charge in [0, 0.05) is 38.0 Å². The first kappa shape index (κ1) is 16.2. The summed E-state index contributed by atoms with van der Waals surface area (Å²) < 4.78 is 2.04. The van der Waals surface area contributed by atoms with E-state index in [0.717, 1.165) is 33.8 Å². The van der Waals surface area contributed by atoms with Crippen molar-refractivity contribution in [3.63, 3.8) is 0 Å². The van der Waals surface area contributed by atoms with Crippen molar-refractivity contribution < 1.29 is 9.67 Å². The Morgan fingerprint density at radius 2 is 1.54 bits per heavy atom. The summed E-state index contributed by atoms with van der Waals surface area (Å²) in [6, 6.07) is 24.3. The van der Waals surface area contributed by atoms with E-state index in [1.165, 1.54) is 0 Å². The lowest BCUT2D eigenvalue weighted by molar-refractivity contribution is -0.576. The van der Waals surface area contributed by atoms with E-state index in [9.17, 15) is 5.11 Å². The van der Waals surface area contributed by atoms with E-state index in [2.05, 4.69) is 35.2 Å². The molecule has 3 aromatic rings. The van der Waals surface area contributed by atoms with Gasteiger partial charge in [-0.05, 0) is 29.3 Å². The number of rotatable bonds is 3. The molecule has 0 amide bonds. The number of fused-ring (bicyclic) bond motifs is 1. The number of aliphatic hydroxyl groups is 1. The second-order valence-corrected chi connectivity index (χ2v) is 6.56. The summed E-state index contributed by atoms with van der Waals surface area (Å²) in [4.78, 5) is 2.08. The molecule has 0 unspecified atom stereocenters. The van der Waals surface area contributed by atoms with Crippen molar-refractivity contribution in [2.45, 2.75) is 0 Å². The van der Waals surface area contributed by atoms with Gasteiger partial charge < -0.3 is 10.0 Å². The van der Waals surface area contributed by atoms with Crippen molar-refractivity contribution >= 4 is 28.8 Å². The quantitative estimate of drug-likeness (QED) is 0.711. The minimum atomic E-state index is 0.313. The van der Waals surface area contributed by atoms with Gasteiger partial charge in [0.05, 0.1) is 0 Å². The zero-order valence-corrected chi connectivity index (χ0v) is 14.9. The highest BCUT2D eigenvalue weighted by Gasteiger charge is 2.35. The smallest absolute Gasteiger partial charge is 0.254 e. The fourth-order valence-electron chi connectivity index (χ4n) is 3.27. The van der Waals surface area contributed by atoms with Crippen LogP contribution < -0.4 is 9.47 Å². The van der Waals surface area contributed by atoms with Crippen LogP contribution in [-0.2, 0) is 0 Å². The van der Waals surface area contributed by atoms with Crippen LogP contribution in [0, 0.1) is 0 Å². The molecular weight excluding hydrogens is 320 g/mol. The molecule has 0 fully saturated rings. The predicted molar refractivity (Wildman–Crippen MR) is 107 cm³/mol. The molecule has 0 aliphatic carbocycles. The summed E-state index contributed by atoms with van der Waals surface area (Å²) in [5, 5.41) is 10.9. The molecule has 0 radical (unpaired) electrons. The second-order valence-electron chi connectivity index (χ2n) is 6.56. The first-order valence-corrected chi connectivity index (χ1v) is 8.65. The molecule has 4 rings (SSSR count). The van der Waals surface area contributed by atoms with E-state index >= 15 is 0 Å². The highest BCUT2D eigenvalue weighted by molar-refractivity contribution is 6.11. The van der Waals surface area contributed by atoms with Crippen molar-refractivity contribution in [1.29, 1.82) is 0 Å². The minimum absolute atomic E-state index is 0.313. The van der Waals surface area contributed by atoms with Crippen LogP contribution in [0.4, 0.5) is 5.69 Å². The number of hydrogen-bond donors (Lipinski definition) is 1. The summed E-state index contributed by atoms with van der Waals surface area (Å²) in [7, 11) is 4.07. The zero-order chi connectivity index (χ0) is 18.1. The van der Waals surface area contributed by atoms with Gasteiger partial charge in [0.25, 0.3) is 5.69 Å². The van der Waals surface area contributed by atoms with Crippen LogP contribution in [0.1, 0.15) is 16.8 Å². The first-order chi connectivity index (χ1) is 12.6. The molecule has 1 N–H and O–H groups in total. The van der Waals surface area contributed by atoms with Gasteiger partial charge in [-0.1, -0.05) is 42.5 Å². The summed E-state index contributed by atoms with van der Waals surface area (Å²) in [5.41, 5.74) is 5.90. The van der Waals surface area contributed by atoms with Crippen LogP contribution in [0.3, 0.4) is 0 Å². The molecule has 0 atom stereocenters. The van der Waals surface area contributed by atoms with Crippen molar-refractivity contribution in [2.24, 2.45) is 0 Å². The maximum atomic E-state index is 10.9. The van der Waals surface area contributed by atoms with E-state index in [0.29, 0.717) is 5.76 Å². The second kappa shape index (κ2) is 6.52. The van der Waals surface area contributed by atoms with Crippen LogP contribution in [-0.4, -0.2) is 19.2 Å². The van der Waals surface area contributed by atoms with E-state index in [1.54, 1.807) is 0 Å². The lowest BCUT2D eigenvalue weighted by Gasteiger charge is -2.11. The van der Waals surface area contributed by atoms with E-state index in [1.807, 2.05) is 73.4 Å². The molecule has 3 nitrogen and oxygen atoms in total. The van der Waals surface area contributed by atoms with Crippen LogP contribution in [0.5, 0.6) is 0 Å². The lowest BCUT2D eigenvalue weighted by atomic mass is 10.0. The van der Waals surface area contributed by atoms with Crippen molar-refractivity contribution in [3.05, 3.63) is 95.8 Å². The average Bonchev–Trinajstić information content (AvgIpc) is 2.95. The number of pyridine rings is 1. The molecule has 26 heavy (non-hydrogen) atoms. The normalized spacial score (nSPS) is 14.6. The summed E-state index contributed by atoms with van der Waals surface area (Å²) >= 11 is 0. The summed E-state index contributed by atoms with van der Waals surface area (Å²) in [6.07, 6.45) is 4.11. The van der Waals surface area contributed by atoms with Gasteiger partial charge in [-0.15, -0.1) is 0 Å². The number of aliphatic hydroxyl groups excluding tert-OH is 1. The Morgan fingerprint density at radius 1 is 0.846 bits per heavy atom. The summed E-state index contributed by atoms with van der Waals surface area (Å²) in [6.45, 7) is 0. The molecule has 1 aliphatic heterocycles. The number of aromatic nitrogens is 1. The Kier molecular flexibility index (Phi) is 4.05. The third kappa shape index (κ3) is 2.78. The van der Waals surface area contributed by atoms with Gasteiger partial charge >= 0.3 is 0 Å². The Hall–Kier alpha value is -3.33. The highest BCUT2D eigenvalue weighted by atomic mass is 16.3. The van der Waals surface area contributed by atoms with Gasteiger partial charge in [0.15, 0.2) is 6.20 Å². The topological polar surface area (TPSA) is 27.3 Å². The SMILES string of the molecule is CN(C)c1ccc(C=C2C(c3ccccc3)=C(O)c3cccc[n+]32)cc1. The number of hydrogen-bond acceptors (Lipinski definition) is 2. The highest BCUT2D eigenvalue weighted by Crippen LogP contribution is 2.36. The molecule has 128 valence electrons. The predicted octanol–water partition coefficient (Wildman–Crippen LogP) is 4.48. The van der Waals surface area contributed by atoms with Gasteiger partial charge in [0.1, 0.15) is 5.57 Å². The molecule has 0 bridgehead atoms. The molecule has 1 aromatic heterocycles. The molecule has 0 saturated carbocycles. The van der Waals surface area contributed by atoms with Gasteiger partial charge in [-0.3, -0.25) is 0 Å². The number of nitrogens with zero attached hydrogens (tertiary/aromatic N) is 2. The molecule has 2 heterocycles. The number of anilines is 1. The minimum Gasteiger partial charge on any atom is -0.502 e. The van der Waals surface area contributed by atoms with Crippen LogP contribution in [0.2, 0.25) is 0 Å². The Labute approximate surface area is 153 Å². The van der Waals surface area contributed by atoms with Crippen LogP contribution >= 0.6 is 0 Å². The van der Waals surface area contributed by atoms with Crippen molar-refractivity contribution in [2.75, 3.05) is 19.0 Å². The largest absolute Gasteiger partial charge is 0.502 e. The Morgan fingerprint density at radius 3 is 2.23 bits per heavy atom. The molecule has 1 aliphatic rings. The fourth-order valence-corrected chi connectivity index (χ4v) is 3.27. The third-order valence-corrected chi connectivity index (χ3v) is 4.63. The van der Waals surface area contributed by atoms with E-state index in [4.69, 9.17) is 0 Å². The first-order valence-electron chi connectivity index (χ1n) is 8.65. The van der Waals surface area contributed by atoms with Crippen LogP contribution in [0.15, 0.2) is 79.0 Å². The van der Waals surface area contributed by atoms with Gasteiger partial charge in [-0.2, -0.15) is 4.57 Å². The summed E-state index contributed by atoms with van der Waals surface area (Å²) in [5.74, 6) is 0.313. The van der Waals surface area contributed by atoms with Crippen LogP contribution in [0.25, 0.3) is 23.1 Å². The molecular formula is C23H21N2O+. The molecule has 0 spiro atoms. The maximum absolute atomic E-state index is 10.9. The van der Waals surface area contributed by atoms with Gasteiger partial charge in [0.2, 0.25) is 11.5 Å². The molecule has 3 heteroatoms. The Bertz CT molecular complexity index is 1000. The zero-order valence-electron chi connectivity index (χ0n) is 14.9. The van der Waals surface area contributed by atoms with Crippen molar-refractivity contribution in [1.82, 2.24) is 0 Å². The van der Waals surface area contributed by atoms with Crippen molar-refractivity contribution in [3.8, 4) is 0 Å².